The highest BCUT2D eigenvalue weighted by atomic mass is 19.1. The number of nitrogens with zero attached hydrogens (tertiary/aromatic N) is 5. The molecular formula is C24H28FN5O. The lowest BCUT2D eigenvalue weighted by atomic mass is 9.86. The molecule has 1 saturated carbocycles. The van der Waals surface area contributed by atoms with E-state index in [1.165, 1.54) is 44.2 Å². The molecule has 1 aliphatic heterocycles. The van der Waals surface area contributed by atoms with Gasteiger partial charge in [0.05, 0.1) is 11.9 Å². The fourth-order valence-corrected chi connectivity index (χ4v) is 5.10. The van der Waals surface area contributed by atoms with Gasteiger partial charge in [0.2, 0.25) is 0 Å². The number of anilines is 1. The van der Waals surface area contributed by atoms with E-state index in [9.17, 15) is 4.39 Å². The Bertz CT molecular complexity index is 1070. The van der Waals surface area contributed by atoms with E-state index in [4.69, 9.17) is 4.74 Å². The van der Waals surface area contributed by atoms with Gasteiger partial charge in [-0.2, -0.15) is 0 Å². The molecule has 0 amide bonds. The molecule has 1 saturated heterocycles. The summed E-state index contributed by atoms with van der Waals surface area (Å²) in [6.07, 6.45) is 13.3. The van der Waals surface area contributed by atoms with Crippen LogP contribution in [-0.2, 0) is 0 Å². The van der Waals surface area contributed by atoms with Crippen LogP contribution in [0, 0.1) is 11.2 Å². The van der Waals surface area contributed by atoms with Crippen LogP contribution in [0.5, 0.6) is 11.5 Å². The monoisotopic (exact) mass is 421 g/mol. The van der Waals surface area contributed by atoms with E-state index in [-0.39, 0.29) is 11.7 Å². The smallest absolute Gasteiger partial charge is 0.188 e. The van der Waals surface area contributed by atoms with Crippen LogP contribution in [0.25, 0.3) is 5.69 Å². The number of halogens is 1. The molecule has 0 atom stereocenters. The third kappa shape index (κ3) is 3.77. The van der Waals surface area contributed by atoms with E-state index in [0.29, 0.717) is 22.6 Å². The van der Waals surface area contributed by atoms with E-state index in [1.807, 2.05) is 10.8 Å². The number of hydrogen-bond acceptors (Lipinski definition) is 5. The molecule has 1 spiro atoms. The quantitative estimate of drug-likeness (QED) is 0.545. The molecule has 0 bridgehead atoms. The number of rotatable bonds is 5. The lowest BCUT2D eigenvalue weighted by molar-refractivity contribution is 0.340. The van der Waals surface area contributed by atoms with Gasteiger partial charge in [0, 0.05) is 37.5 Å². The summed E-state index contributed by atoms with van der Waals surface area (Å²) in [5.41, 5.74) is 1.04. The zero-order valence-corrected chi connectivity index (χ0v) is 18.1. The lowest BCUT2D eigenvalue weighted by Gasteiger charge is -2.25. The predicted octanol–water partition coefficient (Wildman–Crippen LogP) is 5.49. The van der Waals surface area contributed by atoms with Gasteiger partial charge in [-0.1, -0.05) is 26.7 Å². The van der Waals surface area contributed by atoms with Crippen LogP contribution in [0.1, 0.15) is 57.7 Å². The van der Waals surface area contributed by atoms with Gasteiger partial charge in [0.15, 0.2) is 17.3 Å². The van der Waals surface area contributed by atoms with Crippen LogP contribution >= 0.6 is 0 Å². The highest BCUT2D eigenvalue weighted by Gasteiger charge is 2.41. The fourth-order valence-electron chi connectivity index (χ4n) is 5.10. The van der Waals surface area contributed by atoms with Crippen molar-refractivity contribution in [3.63, 3.8) is 0 Å². The predicted molar refractivity (Wildman–Crippen MR) is 117 cm³/mol. The van der Waals surface area contributed by atoms with Gasteiger partial charge in [0.25, 0.3) is 0 Å². The van der Waals surface area contributed by atoms with Crippen molar-refractivity contribution in [1.29, 1.82) is 0 Å². The molecule has 7 heteroatoms. The molecule has 0 N–H and O–H groups in total. The van der Waals surface area contributed by atoms with Crippen LogP contribution in [0.3, 0.4) is 0 Å². The van der Waals surface area contributed by atoms with E-state index in [1.54, 1.807) is 24.8 Å². The maximum atomic E-state index is 14.2. The summed E-state index contributed by atoms with van der Waals surface area (Å²) in [6.45, 7) is 6.11. The Morgan fingerprint density at radius 2 is 1.94 bits per heavy atom. The number of hydrogen-bond donors (Lipinski definition) is 0. The molecule has 1 aliphatic carbocycles. The molecule has 31 heavy (non-hydrogen) atoms. The third-order valence-corrected chi connectivity index (χ3v) is 6.65. The van der Waals surface area contributed by atoms with Gasteiger partial charge in [-0.25, -0.2) is 19.3 Å². The Balaban J connectivity index is 1.49. The fraction of sp³-hybridized carbons (Fsp3) is 0.458. The maximum absolute atomic E-state index is 14.2. The summed E-state index contributed by atoms with van der Waals surface area (Å²) >= 11 is 0. The van der Waals surface area contributed by atoms with Crippen LogP contribution < -0.4 is 9.64 Å². The van der Waals surface area contributed by atoms with Crippen molar-refractivity contribution >= 4 is 5.82 Å². The molecule has 0 radical (unpaired) electrons. The minimum absolute atomic E-state index is 0.189. The van der Waals surface area contributed by atoms with Crippen molar-refractivity contribution in [2.75, 3.05) is 18.0 Å². The van der Waals surface area contributed by atoms with Gasteiger partial charge in [-0.3, -0.25) is 4.57 Å². The van der Waals surface area contributed by atoms with E-state index >= 15 is 0 Å². The molecule has 2 fully saturated rings. The molecule has 162 valence electrons. The molecular weight excluding hydrogens is 393 g/mol. The zero-order valence-electron chi connectivity index (χ0n) is 18.1. The molecule has 2 aromatic heterocycles. The molecule has 1 aromatic carbocycles. The molecule has 6 nitrogen and oxygen atoms in total. The molecule has 3 aromatic rings. The standard InChI is InChI=1S/C24H28FN5O/c1-17(2)22-27-10-12-30(22)19-13-18(25)5-6-20(19)31-21-14-26-16-28-23(21)29-11-9-24(15-29)7-3-4-8-24/h5-6,10,12-14,16-17H,3-4,7-9,11,15H2,1-2H3. The molecule has 5 rings (SSSR count). The Hall–Kier alpha value is -2.96. The molecule has 3 heterocycles. The van der Waals surface area contributed by atoms with E-state index in [0.717, 1.165) is 24.7 Å². The normalized spacial score (nSPS) is 17.7. The second kappa shape index (κ2) is 7.94. The van der Waals surface area contributed by atoms with Crippen molar-refractivity contribution in [3.05, 3.63) is 54.8 Å². The highest BCUT2D eigenvalue weighted by Crippen LogP contribution is 2.47. The Kier molecular flexibility index (Phi) is 5.12. The average molecular weight is 422 g/mol. The van der Waals surface area contributed by atoms with E-state index < -0.39 is 0 Å². The summed E-state index contributed by atoms with van der Waals surface area (Å²) in [5, 5.41) is 0. The second-order valence-electron chi connectivity index (χ2n) is 9.11. The van der Waals surface area contributed by atoms with Gasteiger partial charge < -0.3 is 9.64 Å². The highest BCUT2D eigenvalue weighted by molar-refractivity contribution is 5.56. The Labute approximate surface area is 182 Å². The minimum Gasteiger partial charge on any atom is -0.450 e. The van der Waals surface area contributed by atoms with E-state index in [2.05, 4.69) is 33.7 Å². The van der Waals surface area contributed by atoms with Crippen LogP contribution in [0.4, 0.5) is 10.2 Å². The number of benzene rings is 1. The van der Waals surface area contributed by atoms with Gasteiger partial charge in [0.1, 0.15) is 18.0 Å². The van der Waals surface area contributed by atoms with Crippen molar-refractivity contribution in [2.24, 2.45) is 5.41 Å². The molecule has 0 unspecified atom stereocenters. The van der Waals surface area contributed by atoms with Gasteiger partial charge in [-0.15, -0.1) is 0 Å². The van der Waals surface area contributed by atoms with Crippen LogP contribution in [0.2, 0.25) is 0 Å². The SMILES string of the molecule is CC(C)c1nccn1-c1cc(F)ccc1Oc1cncnc1N1CCC2(CCCC2)C1. The third-order valence-electron chi connectivity index (χ3n) is 6.65. The first kappa shape index (κ1) is 20.0. The van der Waals surface area contributed by atoms with Crippen molar-refractivity contribution in [1.82, 2.24) is 19.5 Å². The summed E-state index contributed by atoms with van der Waals surface area (Å²) < 4.78 is 22.4. The molecule has 2 aliphatic rings. The number of imidazole rings is 1. The Morgan fingerprint density at radius 3 is 2.74 bits per heavy atom. The van der Waals surface area contributed by atoms with Crippen molar-refractivity contribution in [2.45, 2.75) is 51.9 Å². The van der Waals surface area contributed by atoms with Crippen molar-refractivity contribution in [3.8, 4) is 17.2 Å². The van der Waals surface area contributed by atoms with Crippen LogP contribution in [-0.4, -0.2) is 32.6 Å². The summed E-state index contributed by atoms with van der Waals surface area (Å²) in [5.74, 6) is 2.67. The summed E-state index contributed by atoms with van der Waals surface area (Å²) in [4.78, 5) is 15.5. The second-order valence-corrected chi connectivity index (χ2v) is 9.11. The first-order valence-corrected chi connectivity index (χ1v) is 11.1. The topological polar surface area (TPSA) is 56.1 Å². The first-order chi connectivity index (χ1) is 15.0. The minimum atomic E-state index is -0.321. The number of ether oxygens (including phenoxy) is 1. The summed E-state index contributed by atoms with van der Waals surface area (Å²) in [6, 6.07) is 4.56. The van der Waals surface area contributed by atoms with Crippen LogP contribution in [0.15, 0.2) is 43.1 Å². The van der Waals surface area contributed by atoms with Crippen molar-refractivity contribution < 1.29 is 9.13 Å². The first-order valence-electron chi connectivity index (χ1n) is 11.1. The number of aromatic nitrogens is 4. The van der Waals surface area contributed by atoms with Gasteiger partial charge >= 0.3 is 0 Å². The Morgan fingerprint density at radius 1 is 1.10 bits per heavy atom. The largest absolute Gasteiger partial charge is 0.450 e. The lowest BCUT2D eigenvalue weighted by Crippen LogP contribution is -2.26. The van der Waals surface area contributed by atoms with Gasteiger partial charge in [-0.05, 0) is 36.8 Å². The average Bonchev–Trinajstić information content (AvgIpc) is 3.52. The zero-order chi connectivity index (χ0) is 21.4. The maximum Gasteiger partial charge on any atom is 0.188 e. The summed E-state index contributed by atoms with van der Waals surface area (Å²) in [7, 11) is 0.